The number of rotatable bonds is 29. The van der Waals surface area contributed by atoms with Gasteiger partial charge in [-0.05, 0) is 83.1 Å². The maximum absolute atomic E-state index is 13.9. The highest BCUT2D eigenvalue weighted by molar-refractivity contribution is 8.36. The van der Waals surface area contributed by atoms with Gasteiger partial charge in [0, 0.05) is 398 Å². The maximum atomic E-state index is 13.9. The van der Waals surface area contributed by atoms with Gasteiger partial charge >= 0.3 is 0 Å². The van der Waals surface area contributed by atoms with Crippen LogP contribution in [0.5, 0.6) is 17.2 Å². The second kappa shape index (κ2) is 35.2. The highest BCUT2D eigenvalue weighted by Gasteiger charge is 2.61. The number of nitrogens with one attached hydrogen (secondary N) is 1. The number of hydrogen-bond acceptors (Lipinski definition) is 4. The lowest BCUT2D eigenvalue weighted by atomic mass is 8.24. The zero-order valence-corrected chi connectivity index (χ0v) is 51.7. The van der Waals surface area contributed by atoms with Crippen molar-refractivity contribution < 1.29 is 19.0 Å². The van der Waals surface area contributed by atoms with Crippen LogP contribution in [0.15, 0.2) is 84.9 Å². The Bertz CT molecular complexity index is 2910. The minimum atomic E-state index is -1.40. The third-order valence-electron chi connectivity index (χ3n) is 18.8. The summed E-state index contributed by atoms with van der Waals surface area (Å²) in [5.41, 5.74) is 7.89. The number of phenols is 1. The van der Waals surface area contributed by atoms with E-state index in [1.165, 1.54) is 28.8 Å². The molecule has 5 nitrogen and oxygen atoms in total. The first-order valence-electron chi connectivity index (χ1n) is 30.3. The zero-order valence-electron chi connectivity index (χ0n) is 51.7. The van der Waals surface area contributed by atoms with Crippen LogP contribution in [-0.4, -0.2) is 397 Å². The highest BCUT2D eigenvalue weighted by atomic mass is 19.1. The van der Waals surface area contributed by atoms with Crippen molar-refractivity contribution in [1.82, 2.24) is 9.88 Å². The summed E-state index contributed by atoms with van der Waals surface area (Å²) in [7, 11) is 176. The fraction of sp³-hybridized carbons (Fsp3) is 0.212. The second-order valence-corrected chi connectivity index (χ2v) is 24.8. The quantitative estimate of drug-likeness (QED) is 0.0469. The molecule has 0 aliphatic carbocycles. The number of H-pyrrole nitrogens is 1. The molecule has 4 aromatic carbocycles. The number of ether oxygens (including phenoxy) is 2. The molecule has 0 amide bonds. The largest absolute Gasteiger partial charge is 0.508 e. The molecule has 5 aromatic rings. The van der Waals surface area contributed by atoms with Crippen molar-refractivity contribution >= 4 is 379 Å². The Hall–Kier alpha value is -0.913. The zero-order chi connectivity index (χ0) is 67.9. The maximum Gasteiger partial charge on any atom is 0.162 e. The first kappa shape index (κ1) is 79.1. The van der Waals surface area contributed by atoms with E-state index in [0.717, 1.165) is 58.6 Å². The van der Waals surface area contributed by atoms with Gasteiger partial charge < -0.3 is 19.6 Å². The molecule has 2 atom stereocenters. The second-order valence-electron chi connectivity index (χ2n) is 24.8. The van der Waals surface area contributed by atoms with E-state index in [0.29, 0.717) is 6.61 Å². The van der Waals surface area contributed by atoms with E-state index >= 15 is 0 Å². The van der Waals surface area contributed by atoms with Crippen LogP contribution >= 0.6 is 0 Å². The topological polar surface area (TPSA) is 57.7 Å². The van der Waals surface area contributed by atoms with Gasteiger partial charge in [0.1, 0.15) is 18.2 Å². The monoisotopic (exact) mass is 1090 g/mol. The first-order chi connectivity index (χ1) is 42.7. The van der Waals surface area contributed by atoms with Crippen molar-refractivity contribution in [2.24, 2.45) is 0 Å². The van der Waals surface area contributed by atoms with Gasteiger partial charge in [-0.1, -0.05) is 42.5 Å². The number of nitrogens with zero attached hydrogens (tertiary/aromatic N) is 1. The Morgan fingerprint density at radius 3 is 1.32 bits per heavy atom. The van der Waals surface area contributed by atoms with Crippen molar-refractivity contribution in [3.8, 4) is 17.2 Å². The molecule has 0 saturated carbocycles. The van der Waals surface area contributed by atoms with Crippen LogP contribution in [0.1, 0.15) is 45.6 Å². The van der Waals surface area contributed by atoms with E-state index in [4.69, 9.17) is 218 Å². The molecule has 2 unspecified atom stereocenters. The fourth-order valence-electron chi connectivity index (χ4n) is 15.1. The van der Waals surface area contributed by atoms with Gasteiger partial charge in [-0.25, -0.2) is 4.39 Å². The van der Waals surface area contributed by atoms with Gasteiger partial charge in [0.05, 0.1) is 13.2 Å². The van der Waals surface area contributed by atoms with Gasteiger partial charge in [-0.2, -0.15) is 0 Å². The number of halogens is 1. The molecule has 7 rings (SSSR count). The molecule has 0 fully saturated rings. The van der Waals surface area contributed by atoms with E-state index in [1.54, 1.807) is 13.2 Å². The van der Waals surface area contributed by atoms with Gasteiger partial charge in [0.25, 0.3) is 0 Å². The molecule has 0 bridgehead atoms. The number of fused-ring (bicyclic) bond motifs is 6. The fourth-order valence-corrected chi connectivity index (χ4v) is 15.1. The van der Waals surface area contributed by atoms with Crippen LogP contribution in [0.2, 0.25) is 0 Å². The van der Waals surface area contributed by atoms with E-state index in [2.05, 4.69) is 34.1 Å². The van der Waals surface area contributed by atoms with Crippen molar-refractivity contribution in [3.05, 3.63) is 124 Å². The molecular weight excluding hydrogens is 1050 g/mol. The minimum absolute atomic E-state index is 0.0715. The molecule has 91 heavy (non-hydrogen) atoms. The van der Waals surface area contributed by atoms with Crippen molar-refractivity contribution in [1.29, 1.82) is 0 Å². The lowest BCUT2D eigenvalue weighted by molar-refractivity contribution is 0.127. The molecule has 352 valence electrons. The molecule has 2 N–H and O–H groups in total. The summed E-state index contributed by atoms with van der Waals surface area (Å²) in [6.45, 7) is 1.31. The summed E-state index contributed by atoms with van der Waals surface area (Å²) in [5, 5.41) is 11.3. The van der Waals surface area contributed by atoms with Gasteiger partial charge in [-0.15, -0.1) is 0 Å². The number of benzene rings is 4. The minimum Gasteiger partial charge on any atom is -0.508 e. The Labute approximate surface area is 590 Å². The van der Waals surface area contributed by atoms with Crippen LogP contribution in [0.4, 0.5) is 4.39 Å². The molecule has 0 spiro atoms. The Kier molecular flexibility index (Phi) is 30.6. The number of aromatic amines is 1. The highest BCUT2D eigenvalue weighted by Crippen LogP contribution is 2.50. The normalized spacial score (nSPS) is 13.4. The first-order valence-corrected chi connectivity index (χ1v) is 30.3. The van der Waals surface area contributed by atoms with Gasteiger partial charge in [-0.3, -0.25) is 4.90 Å². The Balaban J connectivity index is 0.000000298. The van der Waals surface area contributed by atoms with Crippen molar-refractivity contribution in [2.45, 2.75) is 31.5 Å². The van der Waals surface area contributed by atoms with Gasteiger partial charge in [0.2, 0.25) is 0 Å². The van der Waals surface area contributed by atoms with Crippen molar-refractivity contribution in [3.63, 3.8) is 0 Å². The standard InChI is InChI=1S/C33H29FN2O3.B52/c1-38-30-15-22-13-14-36-29(25(22)18-31(30)39-19-20-5-3-2-4-6-20)17-27-26-16-24(37)11-12-28(26)35-32(27)33(36)21-7-9-23(34)10-8-21;1-28(2)41(27)48(42(29(3)4)30(5)6)51(47(39(23)24)40(25)26)52(49(43(31(7)8)32(9)10)44(33(11)12)34(13)14)50(45(35(15)16)36(17)18)46(37(19)20)38(21)22/h2-12,15-16,18,29,33,35,37H,13-14,17,19H2,1H3;. The smallest absolute Gasteiger partial charge is 0.162 e. The summed E-state index contributed by atoms with van der Waals surface area (Å²) >= 11 is 0. The molecule has 2 aliphatic heterocycles. The molecule has 54 radical (unpaired) electrons. The molecule has 58 heteroatoms. The molecule has 1 aromatic heterocycles. The Morgan fingerprint density at radius 2 is 0.901 bits per heavy atom. The predicted octanol–water partition coefficient (Wildman–Crippen LogP) is -13.0. The molecular formula is C33H29B52FN2O3. The van der Waals surface area contributed by atoms with E-state index < -0.39 is 160 Å². The van der Waals surface area contributed by atoms with Gasteiger partial charge in [0.15, 0.2) is 11.5 Å². The third-order valence-corrected chi connectivity index (χ3v) is 18.8. The van der Waals surface area contributed by atoms with Crippen LogP contribution in [-0.2, 0) is 19.4 Å². The lowest BCUT2D eigenvalue weighted by Crippen LogP contribution is -2.95. The summed E-state index contributed by atoms with van der Waals surface area (Å²) in [5.74, 6) is 1.46. The summed E-state index contributed by atoms with van der Waals surface area (Å²) in [4.78, 5) is 6.15. The average molecular weight is 1080 g/mol. The summed E-state index contributed by atoms with van der Waals surface area (Å²) in [6.07, 6.45) is -31.3. The SMILES string of the molecule is COc1cc2c(cc1OCc1ccccc1)C1Cc3c([nH]c4ccc(O)cc34)C(c3ccc(F)cc3)N1CC2.[B]B([B])B([B])B(B(B([B])[B])B([B])[B])B(B(B([B])[B])B([B])[B])B(B(B(B([B])[B])B([B])[B])B(B([B])[B])B([B])[B])B(B(B([B])[B])B([B])[B])B(B([B])[B])B([B])[B]. The van der Waals surface area contributed by atoms with E-state index in [1.807, 2.05) is 42.5 Å². The Morgan fingerprint density at radius 1 is 0.484 bits per heavy atom. The van der Waals surface area contributed by atoms with Crippen LogP contribution < -0.4 is 9.47 Å². The molecule has 3 heterocycles. The number of aromatic nitrogens is 1. The lowest BCUT2D eigenvalue weighted by Gasteiger charge is -2.57. The number of methoxy groups -OCH3 is 1. The average Bonchev–Trinajstić information content (AvgIpc) is 1.73. The summed E-state index contributed by atoms with van der Waals surface area (Å²) < 4.78 is 26.0. The van der Waals surface area contributed by atoms with Crippen molar-refractivity contribution in [2.75, 3.05) is 13.7 Å². The molecule has 0 saturated heterocycles. The number of hydrogen-bond donors (Lipinski definition) is 2. The summed E-state index contributed by atoms with van der Waals surface area (Å²) in [6, 6.07) is 26.7. The predicted molar refractivity (Wildman–Crippen MR) is 448 cm³/mol. The van der Waals surface area contributed by atoms with Crippen LogP contribution in [0.25, 0.3) is 10.9 Å². The third kappa shape index (κ3) is 18.7. The van der Waals surface area contributed by atoms with E-state index in [9.17, 15) is 9.50 Å². The van der Waals surface area contributed by atoms with E-state index in [-0.39, 0.29) is 23.7 Å². The number of phenolic OH excluding ortho intramolecular Hbond substituents is 1. The van der Waals surface area contributed by atoms with Crippen LogP contribution in [0.3, 0.4) is 0 Å². The molecule has 2 aliphatic rings. The van der Waals surface area contributed by atoms with Crippen LogP contribution in [0, 0.1) is 5.82 Å². The number of aromatic hydroxyl groups is 1.